The molecule has 1 aliphatic heterocycles. The number of fused-ring (bicyclic) bond motifs is 1. The molecule has 0 atom stereocenters. The molecule has 21 heavy (non-hydrogen) atoms. The summed E-state index contributed by atoms with van der Waals surface area (Å²) in [6.45, 7) is 4.08. The Morgan fingerprint density at radius 3 is 2.95 bits per heavy atom. The van der Waals surface area contributed by atoms with Gasteiger partial charge >= 0.3 is 6.03 Å². The van der Waals surface area contributed by atoms with E-state index in [1.807, 2.05) is 23.0 Å². The minimum atomic E-state index is 0.00335. The molecule has 1 fully saturated rings. The molecule has 2 amide bonds. The molecule has 1 N–H and O–H groups in total. The second-order valence-electron chi connectivity index (χ2n) is 5.11. The molecule has 2 aromatic rings. The number of carbonyl (C=O) groups is 1. The van der Waals surface area contributed by atoms with Gasteiger partial charge in [-0.2, -0.15) is 5.10 Å². The molecule has 1 saturated heterocycles. The van der Waals surface area contributed by atoms with Crippen molar-refractivity contribution in [2.45, 2.75) is 13.0 Å². The van der Waals surface area contributed by atoms with Crippen molar-refractivity contribution in [2.75, 3.05) is 32.8 Å². The third-order valence-electron chi connectivity index (χ3n) is 3.67. The Morgan fingerprint density at radius 1 is 1.29 bits per heavy atom. The molecule has 1 aromatic heterocycles. The fourth-order valence-corrected chi connectivity index (χ4v) is 2.51. The third-order valence-corrected chi connectivity index (χ3v) is 3.67. The van der Waals surface area contributed by atoms with E-state index in [9.17, 15) is 4.79 Å². The van der Waals surface area contributed by atoms with E-state index in [4.69, 9.17) is 4.74 Å². The van der Waals surface area contributed by atoms with Gasteiger partial charge < -0.3 is 15.0 Å². The normalized spacial score (nSPS) is 15.3. The molecule has 1 aromatic carbocycles. The second kappa shape index (κ2) is 6.58. The average Bonchev–Trinajstić information content (AvgIpc) is 2.95. The molecule has 0 bridgehead atoms. The highest BCUT2D eigenvalue weighted by Crippen LogP contribution is 2.12. The quantitative estimate of drug-likeness (QED) is 0.867. The summed E-state index contributed by atoms with van der Waals surface area (Å²) in [4.78, 5) is 13.7. The maximum Gasteiger partial charge on any atom is 0.317 e. The zero-order valence-electron chi connectivity index (χ0n) is 12.0. The van der Waals surface area contributed by atoms with Crippen molar-refractivity contribution in [1.82, 2.24) is 20.0 Å². The van der Waals surface area contributed by atoms with Gasteiger partial charge in [0.15, 0.2) is 0 Å². The molecular weight excluding hydrogens is 268 g/mol. The molecule has 1 aliphatic rings. The zero-order valence-corrected chi connectivity index (χ0v) is 12.0. The van der Waals surface area contributed by atoms with Crippen LogP contribution in [0.2, 0.25) is 0 Å². The van der Waals surface area contributed by atoms with Crippen molar-refractivity contribution in [3.63, 3.8) is 0 Å². The van der Waals surface area contributed by atoms with Crippen LogP contribution in [0.15, 0.2) is 30.5 Å². The van der Waals surface area contributed by atoms with Crippen molar-refractivity contribution in [1.29, 1.82) is 0 Å². The Hall–Kier alpha value is -2.08. The Morgan fingerprint density at radius 2 is 2.10 bits per heavy atom. The van der Waals surface area contributed by atoms with Gasteiger partial charge in [-0.05, 0) is 12.5 Å². The monoisotopic (exact) mass is 288 g/mol. The SMILES string of the molecule is O=C(NCCCn1ncc2ccccc21)N1CCOCC1. The van der Waals surface area contributed by atoms with Gasteiger partial charge in [-0.1, -0.05) is 18.2 Å². The van der Waals surface area contributed by atoms with Crippen LogP contribution in [0, 0.1) is 0 Å². The van der Waals surface area contributed by atoms with Gasteiger partial charge in [0.2, 0.25) is 0 Å². The van der Waals surface area contributed by atoms with Gasteiger partial charge in [0.25, 0.3) is 0 Å². The summed E-state index contributed by atoms with van der Waals surface area (Å²) in [6, 6.07) is 8.15. The highest BCUT2D eigenvalue weighted by atomic mass is 16.5. The Kier molecular flexibility index (Phi) is 4.35. The molecule has 0 spiro atoms. The summed E-state index contributed by atoms with van der Waals surface area (Å²) in [5.41, 5.74) is 1.14. The van der Waals surface area contributed by atoms with E-state index in [1.54, 1.807) is 4.90 Å². The number of nitrogens with one attached hydrogen (secondary N) is 1. The predicted octanol–water partition coefficient (Wildman–Crippen LogP) is 1.47. The Balaban J connectivity index is 1.44. The van der Waals surface area contributed by atoms with Crippen LogP contribution in [0.1, 0.15) is 6.42 Å². The highest BCUT2D eigenvalue weighted by Gasteiger charge is 2.15. The largest absolute Gasteiger partial charge is 0.378 e. The first-order valence-electron chi connectivity index (χ1n) is 7.36. The predicted molar refractivity (Wildman–Crippen MR) is 80.1 cm³/mol. The number of benzene rings is 1. The fraction of sp³-hybridized carbons (Fsp3) is 0.467. The van der Waals surface area contributed by atoms with E-state index >= 15 is 0 Å². The number of aromatic nitrogens is 2. The van der Waals surface area contributed by atoms with Crippen LogP contribution >= 0.6 is 0 Å². The Labute approximate surface area is 123 Å². The number of amides is 2. The number of morpholine rings is 1. The summed E-state index contributed by atoms with van der Waals surface area (Å²) in [6.07, 6.45) is 2.74. The number of aryl methyl sites for hydroxylation is 1. The van der Waals surface area contributed by atoms with Crippen LogP contribution in [-0.2, 0) is 11.3 Å². The first kappa shape index (κ1) is 13.9. The molecule has 112 valence electrons. The number of ether oxygens (including phenoxy) is 1. The van der Waals surface area contributed by atoms with Crippen LogP contribution in [0.5, 0.6) is 0 Å². The van der Waals surface area contributed by atoms with Crippen molar-refractivity contribution >= 4 is 16.9 Å². The molecular formula is C15H20N4O2. The minimum absolute atomic E-state index is 0.00335. The molecule has 0 radical (unpaired) electrons. The lowest BCUT2D eigenvalue weighted by atomic mass is 10.2. The first-order valence-corrected chi connectivity index (χ1v) is 7.36. The van der Waals surface area contributed by atoms with Gasteiger partial charge in [-0.15, -0.1) is 0 Å². The lowest BCUT2D eigenvalue weighted by Gasteiger charge is -2.26. The van der Waals surface area contributed by atoms with Gasteiger partial charge in [0, 0.05) is 31.6 Å². The topological polar surface area (TPSA) is 59.4 Å². The van der Waals surface area contributed by atoms with Crippen LogP contribution in [0.4, 0.5) is 4.79 Å². The minimum Gasteiger partial charge on any atom is -0.378 e. The molecule has 3 rings (SSSR count). The average molecular weight is 288 g/mol. The van der Waals surface area contributed by atoms with E-state index in [1.165, 1.54) is 0 Å². The van der Waals surface area contributed by atoms with E-state index in [-0.39, 0.29) is 6.03 Å². The lowest BCUT2D eigenvalue weighted by Crippen LogP contribution is -2.46. The first-order chi connectivity index (χ1) is 10.3. The highest BCUT2D eigenvalue weighted by molar-refractivity contribution is 5.78. The van der Waals surface area contributed by atoms with Gasteiger partial charge in [0.1, 0.15) is 0 Å². The van der Waals surface area contributed by atoms with Crippen molar-refractivity contribution in [3.8, 4) is 0 Å². The standard InChI is InChI=1S/C15H20N4O2/c20-15(18-8-10-21-11-9-18)16-6-3-7-19-14-5-2-1-4-13(14)12-17-19/h1-2,4-5,12H,3,6-11H2,(H,16,20). The number of carbonyl (C=O) groups excluding carboxylic acids is 1. The second-order valence-corrected chi connectivity index (χ2v) is 5.11. The molecule has 0 aliphatic carbocycles. The molecule has 6 heteroatoms. The maximum absolute atomic E-state index is 11.9. The van der Waals surface area contributed by atoms with Crippen LogP contribution in [-0.4, -0.2) is 53.6 Å². The molecule has 0 saturated carbocycles. The van der Waals surface area contributed by atoms with E-state index in [0.717, 1.165) is 23.9 Å². The van der Waals surface area contributed by atoms with Crippen LogP contribution in [0.3, 0.4) is 0 Å². The molecule has 0 unspecified atom stereocenters. The van der Waals surface area contributed by atoms with Crippen LogP contribution in [0.25, 0.3) is 10.9 Å². The fourth-order valence-electron chi connectivity index (χ4n) is 2.51. The van der Waals surface area contributed by atoms with E-state index in [2.05, 4.69) is 22.5 Å². The number of para-hydroxylation sites is 1. The summed E-state index contributed by atoms with van der Waals surface area (Å²) in [5.74, 6) is 0. The van der Waals surface area contributed by atoms with Crippen molar-refractivity contribution < 1.29 is 9.53 Å². The summed E-state index contributed by atoms with van der Waals surface area (Å²) >= 11 is 0. The third kappa shape index (κ3) is 3.33. The number of hydrogen-bond donors (Lipinski definition) is 1. The van der Waals surface area contributed by atoms with Crippen LogP contribution < -0.4 is 5.32 Å². The summed E-state index contributed by atoms with van der Waals surface area (Å²) in [5, 5.41) is 8.48. The van der Waals surface area contributed by atoms with Crippen molar-refractivity contribution in [3.05, 3.63) is 30.5 Å². The van der Waals surface area contributed by atoms with Gasteiger partial charge in [-0.3, -0.25) is 4.68 Å². The molecule has 2 heterocycles. The Bertz CT molecular complexity index is 604. The number of rotatable bonds is 4. The van der Waals surface area contributed by atoms with Gasteiger partial charge in [0.05, 0.1) is 24.9 Å². The smallest absolute Gasteiger partial charge is 0.317 e. The molecule has 6 nitrogen and oxygen atoms in total. The number of hydrogen-bond acceptors (Lipinski definition) is 3. The van der Waals surface area contributed by atoms with Crippen molar-refractivity contribution in [2.24, 2.45) is 0 Å². The zero-order chi connectivity index (χ0) is 14.5. The van der Waals surface area contributed by atoms with Gasteiger partial charge in [-0.25, -0.2) is 4.79 Å². The summed E-state index contributed by atoms with van der Waals surface area (Å²) in [7, 11) is 0. The number of urea groups is 1. The summed E-state index contributed by atoms with van der Waals surface area (Å²) < 4.78 is 7.21. The number of nitrogens with zero attached hydrogens (tertiary/aromatic N) is 3. The van der Waals surface area contributed by atoms with E-state index in [0.29, 0.717) is 32.8 Å². The lowest BCUT2D eigenvalue weighted by molar-refractivity contribution is 0.0532. The maximum atomic E-state index is 11.9. The van der Waals surface area contributed by atoms with E-state index < -0.39 is 0 Å².